The fraction of sp³-hybridized carbons (Fsp3) is 0.625. The smallest absolute Gasteiger partial charge is 0.190 e. The summed E-state index contributed by atoms with van der Waals surface area (Å²) in [6, 6.07) is 0. The van der Waals surface area contributed by atoms with Gasteiger partial charge in [0.15, 0.2) is 5.16 Å². The van der Waals surface area contributed by atoms with E-state index in [1.807, 2.05) is 11.3 Å². The van der Waals surface area contributed by atoms with Gasteiger partial charge in [0, 0.05) is 19.5 Å². The van der Waals surface area contributed by atoms with Gasteiger partial charge < -0.3 is 9.80 Å². The van der Waals surface area contributed by atoms with Crippen LogP contribution < -0.4 is 9.80 Å². The Kier molecular flexibility index (Phi) is 4.00. The Morgan fingerprint density at radius 2 is 2.00 bits per heavy atom. The zero-order chi connectivity index (χ0) is 15.1. The lowest BCUT2D eigenvalue weighted by Crippen LogP contribution is -3.08. The zero-order valence-electron chi connectivity index (χ0n) is 13.3. The molecular formula is C16H23N4S2+. The minimum Gasteiger partial charge on any atom is -0.356 e. The highest BCUT2D eigenvalue weighted by Crippen LogP contribution is 2.38. The Bertz CT molecular complexity index is 691. The summed E-state index contributed by atoms with van der Waals surface area (Å²) in [5, 5.41) is 2.29. The van der Waals surface area contributed by atoms with Gasteiger partial charge in [-0.25, -0.2) is 9.97 Å². The third-order valence-electron chi connectivity index (χ3n) is 4.80. The van der Waals surface area contributed by atoms with Gasteiger partial charge in [-0.15, -0.1) is 11.3 Å². The van der Waals surface area contributed by atoms with Crippen LogP contribution in [0.3, 0.4) is 0 Å². The number of fused-ring (bicyclic) bond motifs is 3. The highest BCUT2D eigenvalue weighted by atomic mass is 32.2. The standard InChI is InChI=1S/C16H22N4S2/c1-19-9-6-11-12(10-19)22-15-13(11)14(17-16(18-15)21-2)20-7-4-3-5-8-20/h3-10H2,1-2H3/p+1. The van der Waals surface area contributed by atoms with Crippen molar-refractivity contribution in [2.24, 2.45) is 0 Å². The van der Waals surface area contributed by atoms with E-state index in [2.05, 4.69) is 18.2 Å². The maximum Gasteiger partial charge on any atom is 0.190 e. The van der Waals surface area contributed by atoms with Gasteiger partial charge in [-0.05, 0) is 31.1 Å². The van der Waals surface area contributed by atoms with E-state index in [-0.39, 0.29) is 0 Å². The van der Waals surface area contributed by atoms with Crippen molar-refractivity contribution in [3.8, 4) is 0 Å². The van der Waals surface area contributed by atoms with Gasteiger partial charge in [-0.1, -0.05) is 11.8 Å². The summed E-state index contributed by atoms with van der Waals surface area (Å²) in [6.07, 6.45) is 7.19. The summed E-state index contributed by atoms with van der Waals surface area (Å²) in [5.41, 5.74) is 1.54. The number of hydrogen-bond acceptors (Lipinski definition) is 5. The van der Waals surface area contributed by atoms with Crippen LogP contribution in [0.5, 0.6) is 0 Å². The van der Waals surface area contributed by atoms with Crippen molar-refractivity contribution in [3.05, 3.63) is 10.4 Å². The molecule has 2 aliphatic heterocycles. The summed E-state index contributed by atoms with van der Waals surface area (Å²) in [7, 11) is 2.29. The van der Waals surface area contributed by atoms with E-state index in [0.717, 1.165) is 24.8 Å². The quantitative estimate of drug-likeness (QED) is 0.672. The van der Waals surface area contributed by atoms with Crippen LogP contribution in [0.25, 0.3) is 10.2 Å². The fourth-order valence-corrected chi connectivity index (χ4v) is 5.35. The summed E-state index contributed by atoms with van der Waals surface area (Å²) < 4.78 is 0. The van der Waals surface area contributed by atoms with E-state index >= 15 is 0 Å². The molecule has 4 rings (SSSR count). The molecule has 1 fully saturated rings. The van der Waals surface area contributed by atoms with Crippen LogP contribution in [0, 0.1) is 0 Å². The molecule has 2 aromatic heterocycles. The monoisotopic (exact) mass is 335 g/mol. The number of likely N-dealkylation sites (N-methyl/N-ethyl adjacent to an activating group) is 1. The number of quaternary nitrogens is 1. The van der Waals surface area contributed by atoms with Crippen LogP contribution in [-0.2, 0) is 13.0 Å². The predicted molar refractivity (Wildman–Crippen MR) is 94.4 cm³/mol. The van der Waals surface area contributed by atoms with Gasteiger partial charge >= 0.3 is 0 Å². The zero-order valence-corrected chi connectivity index (χ0v) is 14.9. The van der Waals surface area contributed by atoms with Crippen molar-refractivity contribution >= 4 is 39.1 Å². The predicted octanol–water partition coefficient (Wildman–Crippen LogP) is 1.97. The molecule has 0 saturated carbocycles. The van der Waals surface area contributed by atoms with E-state index < -0.39 is 0 Å². The first-order chi connectivity index (χ1) is 10.8. The van der Waals surface area contributed by atoms with Crippen molar-refractivity contribution in [3.63, 3.8) is 0 Å². The summed E-state index contributed by atoms with van der Waals surface area (Å²) >= 11 is 3.56. The molecule has 1 unspecified atom stereocenters. The molecule has 1 atom stereocenters. The number of aromatic nitrogens is 2. The molecule has 1 N–H and O–H groups in total. The van der Waals surface area contributed by atoms with Crippen LogP contribution in [0.2, 0.25) is 0 Å². The van der Waals surface area contributed by atoms with Crippen molar-refractivity contribution in [1.29, 1.82) is 0 Å². The normalized spacial score (nSPS) is 22.1. The Balaban J connectivity index is 1.88. The Hall–Kier alpha value is -0.850. The fourth-order valence-electron chi connectivity index (χ4n) is 3.60. The number of piperidine rings is 1. The Morgan fingerprint density at radius 1 is 1.18 bits per heavy atom. The first-order valence-corrected chi connectivity index (χ1v) is 10.2. The third kappa shape index (κ3) is 2.51. The maximum atomic E-state index is 4.92. The number of nitrogens with zero attached hydrogens (tertiary/aromatic N) is 3. The minimum absolute atomic E-state index is 0.923. The molecule has 1 saturated heterocycles. The maximum absolute atomic E-state index is 4.92. The van der Waals surface area contributed by atoms with Gasteiger partial charge in [-0.2, -0.15) is 0 Å². The lowest BCUT2D eigenvalue weighted by molar-refractivity contribution is -0.895. The largest absolute Gasteiger partial charge is 0.356 e. The second kappa shape index (κ2) is 5.98. The molecule has 0 aromatic carbocycles. The number of rotatable bonds is 2. The molecular weight excluding hydrogens is 312 g/mol. The average molecular weight is 336 g/mol. The summed E-state index contributed by atoms with van der Waals surface area (Å²) in [5.74, 6) is 1.21. The van der Waals surface area contributed by atoms with Gasteiger partial charge in [0.25, 0.3) is 0 Å². The topological polar surface area (TPSA) is 33.5 Å². The molecule has 6 heteroatoms. The number of anilines is 1. The molecule has 2 aliphatic rings. The number of hydrogen-bond donors (Lipinski definition) is 1. The summed E-state index contributed by atoms with van der Waals surface area (Å²) in [6.45, 7) is 4.67. The molecule has 2 aromatic rings. The Morgan fingerprint density at radius 3 is 2.77 bits per heavy atom. The SMILES string of the molecule is CSc1nc(N2CCCCC2)c2c3c(sc2n1)C[NH+](C)CC3. The van der Waals surface area contributed by atoms with Crippen molar-refractivity contribution in [2.75, 3.05) is 37.8 Å². The second-order valence-corrected chi connectivity index (χ2v) is 8.26. The van der Waals surface area contributed by atoms with Crippen LogP contribution in [0.1, 0.15) is 29.7 Å². The molecule has 0 radical (unpaired) electrons. The molecule has 0 bridgehead atoms. The van der Waals surface area contributed by atoms with Crippen LogP contribution in [0.4, 0.5) is 5.82 Å². The minimum atomic E-state index is 0.923. The molecule has 4 heterocycles. The van der Waals surface area contributed by atoms with Crippen molar-refractivity contribution in [2.45, 2.75) is 37.4 Å². The van der Waals surface area contributed by atoms with Gasteiger partial charge in [0.05, 0.1) is 23.9 Å². The number of nitrogens with one attached hydrogen (secondary N) is 1. The molecule has 22 heavy (non-hydrogen) atoms. The van der Waals surface area contributed by atoms with Crippen LogP contribution in [0.15, 0.2) is 5.16 Å². The van der Waals surface area contributed by atoms with Gasteiger partial charge in [-0.3, -0.25) is 0 Å². The van der Waals surface area contributed by atoms with E-state index in [1.54, 1.807) is 22.2 Å². The first-order valence-electron chi connectivity index (χ1n) is 8.19. The third-order valence-corrected chi connectivity index (χ3v) is 6.47. The van der Waals surface area contributed by atoms with E-state index in [0.29, 0.717) is 0 Å². The molecule has 4 nitrogen and oxygen atoms in total. The number of thiophene rings is 1. The molecule has 0 spiro atoms. The van der Waals surface area contributed by atoms with E-state index in [9.17, 15) is 0 Å². The van der Waals surface area contributed by atoms with Crippen LogP contribution >= 0.6 is 23.1 Å². The Labute approximate surface area is 139 Å². The lowest BCUT2D eigenvalue weighted by Gasteiger charge is -2.29. The van der Waals surface area contributed by atoms with E-state index in [1.165, 1.54) is 53.1 Å². The van der Waals surface area contributed by atoms with Crippen molar-refractivity contribution < 1.29 is 4.90 Å². The van der Waals surface area contributed by atoms with Crippen LogP contribution in [-0.4, -0.2) is 42.9 Å². The molecule has 0 amide bonds. The van der Waals surface area contributed by atoms with Crippen molar-refractivity contribution in [1.82, 2.24) is 9.97 Å². The second-order valence-electron chi connectivity index (χ2n) is 6.40. The highest BCUT2D eigenvalue weighted by Gasteiger charge is 2.27. The number of thioether (sulfide) groups is 1. The summed E-state index contributed by atoms with van der Waals surface area (Å²) in [4.78, 5) is 16.6. The molecule has 0 aliphatic carbocycles. The average Bonchev–Trinajstić information content (AvgIpc) is 2.91. The van der Waals surface area contributed by atoms with Gasteiger partial charge in [0.2, 0.25) is 0 Å². The lowest BCUT2D eigenvalue weighted by atomic mass is 10.0. The molecule has 118 valence electrons. The van der Waals surface area contributed by atoms with Gasteiger partial charge in [0.1, 0.15) is 17.2 Å². The highest BCUT2D eigenvalue weighted by molar-refractivity contribution is 7.98. The first kappa shape index (κ1) is 14.7. The van der Waals surface area contributed by atoms with E-state index in [4.69, 9.17) is 9.97 Å².